The topological polar surface area (TPSA) is 47.6 Å². The van der Waals surface area contributed by atoms with Gasteiger partial charge in [-0.25, -0.2) is 0 Å². The van der Waals surface area contributed by atoms with E-state index in [4.69, 9.17) is 9.47 Å². The molecule has 148 valence electrons. The Morgan fingerprint density at radius 2 is 1.82 bits per heavy atom. The predicted octanol–water partition coefficient (Wildman–Crippen LogP) is 4.93. The number of benzene rings is 2. The van der Waals surface area contributed by atoms with Crippen molar-refractivity contribution in [2.24, 2.45) is 0 Å². The molecule has 1 saturated carbocycles. The number of methoxy groups -OCH3 is 1. The molecule has 1 fully saturated rings. The van der Waals surface area contributed by atoms with Gasteiger partial charge in [-0.1, -0.05) is 43.2 Å². The Morgan fingerprint density at radius 1 is 1.11 bits per heavy atom. The number of carbonyl (C=O) groups is 1. The molecule has 28 heavy (non-hydrogen) atoms. The van der Waals surface area contributed by atoms with Gasteiger partial charge in [-0.05, 0) is 50.5 Å². The Bertz CT molecular complexity index is 853. The molecule has 1 aliphatic heterocycles. The molecule has 2 aliphatic rings. The van der Waals surface area contributed by atoms with Crippen LogP contribution in [0.3, 0.4) is 0 Å². The summed E-state index contributed by atoms with van der Waals surface area (Å²) < 4.78 is 11.6. The van der Waals surface area contributed by atoms with E-state index < -0.39 is 5.41 Å². The SMILES string of the molecule is COc1ccc2c(c1)[C@H](NC(=O)C1(c3ccccc3)CCCC1)CC(C)(C)O2. The number of carbonyl (C=O) groups excluding carboxylic acids is 1. The molecule has 0 unspecified atom stereocenters. The number of amides is 1. The van der Waals surface area contributed by atoms with Gasteiger partial charge in [-0.2, -0.15) is 0 Å². The normalized spacial score (nSPS) is 22.0. The van der Waals surface area contributed by atoms with Crippen LogP contribution in [0.4, 0.5) is 0 Å². The Balaban J connectivity index is 1.67. The minimum absolute atomic E-state index is 0.0949. The third-order valence-corrected chi connectivity index (χ3v) is 6.20. The van der Waals surface area contributed by atoms with Crippen LogP contribution >= 0.6 is 0 Å². The molecule has 0 spiro atoms. The van der Waals surface area contributed by atoms with Crippen LogP contribution in [-0.2, 0) is 10.2 Å². The molecular weight excluding hydrogens is 350 g/mol. The molecule has 1 amide bonds. The van der Waals surface area contributed by atoms with Gasteiger partial charge in [0, 0.05) is 12.0 Å². The van der Waals surface area contributed by atoms with E-state index in [9.17, 15) is 4.79 Å². The highest BCUT2D eigenvalue weighted by atomic mass is 16.5. The number of fused-ring (bicyclic) bond motifs is 1. The lowest BCUT2D eigenvalue weighted by Gasteiger charge is -2.39. The van der Waals surface area contributed by atoms with Gasteiger partial charge in [0.2, 0.25) is 5.91 Å². The van der Waals surface area contributed by atoms with Crippen LogP contribution in [0.1, 0.15) is 63.1 Å². The highest BCUT2D eigenvalue weighted by Gasteiger charge is 2.44. The minimum Gasteiger partial charge on any atom is -0.497 e. The molecule has 0 radical (unpaired) electrons. The smallest absolute Gasteiger partial charge is 0.231 e. The van der Waals surface area contributed by atoms with E-state index in [1.807, 2.05) is 36.4 Å². The molecule has 0 saturated heterocycles. The van der Waals surface area contributed by atoms with Gasteiger partial charge < -0.3 is 14.8 Å². The molecule has 1 aliphatic carbocycles. The lowest BCUT2D eigenvalue weighted by atomic mass is 9.77. The molecule has 1 heterocycles. The monoisotopic (exact) mass is 379 g/mol. The highest BCUT2D eigenvalue weighted by molar-refractivity contribution is 5.89. The zero-order valence-corrected chi connectivity index (χ0v) is 17.0. The first-order chi connectivity index (χ1) is 13.4. The number of hydrogen-bond donors (Lipinski definition) is 1. The predicted molar refractivity (Wildman–Crippen MR) is 110 cm³/mol. The second-order valence-corrected chi connectivity index (χ2v) is 8.65. The summed E-state index contributed by atoms with van der Waals surface area (Å²) in [6, 6.07) is 16.0. The van der Waals surface area contributed by atoms with Crippen LogP contribution in [-0.4, -0.2) is 18.6 Å². The van der Waals surface area contributed by atoms with Gasteiger partial charge in [-0.3, -0.25) is 4.79 Å². The largest absolute Gasteiger partial charge is 0.497 e. The highest BCUT2D eigenvalue weighted by Crippen LogP contribution is 2.44. The van der Waals surface area contributed by atoms with Crippen molar-refractivity contribution < 1.29 is 14.3 Å². The summed E-state index contributed by atoms with van der Waals surface area (Å²) in [6.45, 7) is 4.14. The second-order valence-electron chi connectivity index (χ2n) is 8.65. The number of hydrogen-bond acceptors (Lipinski definition) is 3. The maximum atomic E-state index is 13.6. The third-order valence-electron chi connectivity index (χ3n) is 6.20. The first kappa shape index (κ1) is 18.9. The summed E-state index contributed by atoms with van der Waals surface area (Å²) in [5.41, 5.74) is 1.35. The van der Waals surface area contributed by atoms with Crippen molar-refractivity contribution in [3.05, 3.63) is 59.7 Å². The summed E-state index contributed by atoms with van der Waals surface area (Å²) in [7, 11) is 1.66. The molecule has 2 aromatic carbocycles. The zero-order valence-electron chi connectivity index (χ0n) is 17.0. The van der Waals surface area contributed by atoms with E-state index in [0.29, 0.717) is 0 Å². The number of ether oxygens (including phenoxy) is 2. The zero-order chi connectivity index (χ0) is 19.8. The van der Waals surface area contributed by atoms with Gasteiger partial charge >= 0.3 is 0 Å². The van der Waals surface area contributed by atoms with Gasteiger partial charge in [0.1, 0.15) is 17.1 Å². The van der Waals surface area contributed by atoms with E-state index in [1.165, 1.54) is 0 Å². The van der Waals surface area contributed by atoms with Crippen molar-refractivity contribution in [1.82, 2.24) is 5.32 Å². The van der Waals surface area contributed by atoms with Gasteiger partial charge in [0.05, 0.1) is 18.6 Å². The minimum atomic E-state index is -0.428. The van der Waals surface area contributed by atoms with Crippen molar-refractivity contribution in [3.63, 3.8) is 0 Å². The van der Waals surface area contributed by atoms with Crippen LogP contribution in [0.15, 0.2) is 48.5 Å². The van der Waals surface area contributed by atoms with Crippen LogP contribution in [0, 0.1) is 0 Å². The summed E-state index contributed by atoms with van der Waals surface area (Å²) >= 11 is 0. The molecule has 1 N–H and O–H groups in total. The number of nitrogens with one attached hydrogen (secondary N) is 1. The Hall–Kier alpha value is -2.49. The first-order valence-corrected chi connectivity index (χ1v) is 10.2. The molecular formula is C24H29NO3. The lowest BCUT2D eigenvalue weighted by Crippen LogP contribution is -2.47. The standard InChI is InChI=1S/C24H29NO3/c1-23(2)16-20(19-15-18(27-3)11-12-21(19)28-23)25-22(26)24(13-7-8-14-24)17-9-5-4-6-10-17/h4-6,9-12,15,20H,7-8,13-14,16H2,1-3H3,(H,25,26)/t20-/m1/s1. The maximum absolute atomic E-state index is 13.6. The Morgan fingerprint density at radius 3 is 2.50 bits per heavy atom. The fraction of sp³-hybridized carbons (Fsp3) is 0.458. The van der Waals surface area contributed by atoms with Gasteiger partial charge in [0.15, 0.2) is 0 Å². The Kier molecular flexibility index (Phi) is 4.82. The maximum Gasteiger partial charge on any atom is 0.231 e. The summed E-state index contributed by atoms with van der Waals surface area (Å²) in [5.74, 6) is 1.73. The van der Waals surface area contributed by atoms with E-state index in [1.54, 1.807) is 7.11 Å². The second kappa shape index (κ2) is 7.16. The fourth-order valence-electron chi connectivity index (χ4n) is 4.77. The summed E-state index contributed by atoms with van der Waals surface area (Å²) in [4.78, 5) is 13.6. The molecule has 4 heteroatoms. The van der Waals surface area contributed by atoms with Crippen molar-refractivity contribution in [3.8, 4) is 11.5 Å². The van der Waals surface area contributed by atoms with Crippen LogP contribution < -0.4 is 14.8 Å². The van der Waals surface area contributed by atoms with Gasteiger partial charge in [-0.15, -0.1) is 0 Å². The average molecular weight is 380 g/mol. The lowest BCUT2D eigenvalue weighted by molar-refractivity contribution is -0.128. The van der Waals surface area contributed by atoms with E-state index in [2.05, 4.69) is 31.3 Å². The van der Waals surface area contributed by atoms with Crippen molar-refractivity contribution in [2.45, 2.75) is 63.0 Å². The number of rotatable bonds is 4. The molecule has 4 rings (SSSR count). The Labute approximate surface area is 167 Å². The van der Waals surface area contributed by atoms with Crippen LogP contribution in [0.2, 0.25) is 0 Å². The van der Waals surface area contributed by atoms with E-state index >= 15 is 0 Å². The molecule has 0 aromatic heterocycles. The molecule has 0 bridgehead atoms. The van der Waals surface area contributed by atoms with Gasteiger partial charge in [0.25, 0.3) is 0 Å². The first-order valence-electron chi connectivity index (χ1n) is 10.2. The van der Waals surface area contributed by atoms with E-state index in [0.717, 1.165) is 54.7 Å². The van der Waals surface area contributed by atoms with Crippen LogP contribution in [0.25, 0.3) is 0 Å². The quantitative estimate of drug-likeness (QED) is 0.820. The summed E-state index contributed by atoms with van der Waals surface area (Å²) in [6.07, 6.45) is 4.71. The average Bonchev–Trinajstić information content (AvgIpc) is 3.19. The molecule has 4 nitrogen and oxygen atoms in total. The molecule has 2 aromatic rings. The van der Waals surface area contributed by atoms with Crippen molar-refractivity contribution in [2.75, 3.05) is 7.11 Å². The fourth-order valence-corrected chi connectivity index (χ4v) is 4.77. The molecule has 1 atom stereocenters. The third kappa shape index (κ3) is 3.36. The van der Waals surface area contributed by atoms with Crippen molar-refractivity contribution in [1.29, 1.82) is 0 Å². The summed E-state index contributed by atoms with van der Waals surface area (Å²) in [5, 5.41) is 3.39. The van der Waals surface area contributed by atoms with E-state index in [-0.39, 0.29) is 17.6 Å². The van der Waals surface area contributed by atoms with Crippen molar-refractivity contribution >= 4 is 5.91 Å². The van der Waals surface area contributed by atoms with Crippen LogP contribution in [0.5, 0.6) is 11.5 Å².